The van der Waals surface area contributed by atoms with Crippen LogP contribution in [-0.4, -0.2) is 33.9 Å². The molecular weight excluding hydrogens is 290 g/mol. The molecule has 1 unspecified atom stereocenters. The maximum Gasteiger partial charge on any atom is 0.389 e. The Bertz CT molecular complexity index is 665. The number of halogens is 4. The monoisotopic (exact) mass is 303 g/mol. The lowest BCUT2D eigenvalue weighted by Gasteiger charge is -2.18. The first-order valence-corrected chi connectivity index (χ1v) is 6.45. The molecule has 9 heteroatoms. The van der Waals surface area contributed by atoms with Crippen LogP contribution in [0.5, 0.6) is 0 Å². The van der Waals surface area contributed by atoms with E-state index in [0.717, 1.165) is 0 Å². The molecule has 0 saturated carbocycles. The molecule has 1 aliphatic heterocycles. The lowest BCUT2D eigenvalue weighted by molar-refractivity contribution is -0.142. The number of nitrogens with two attached hydrogens (primary N) is 1. The molecule has 5 nitrogen and oxygen atoms in total. The van der Waals surface area contributed by atoms with E-state index < -0.39 is 24.3 Å². The molecule has 21 heavy (non-hydrogen) atoms. The quantitative estimate of drug-likeness (QED) is 0.864. The van der Waals surface area contributed by atoms with Crippen LogP contribution < -0.4 is 10.6 Å². The first-order valence-electron chi connectivity index (χ1n) is 6.45. The van der Waals surface area contributed by atoms with E-state index in [1.807, 2.05) is 0 Å². The molecule has 3 rings (SSSR count). The van der Waals surface area contributed by atoms with E-state index in [0.29, 0.717) is 18.8 Å². The van der Waals surface area contributed by atoms with Gasteiger partial charge in [0.15, 0.2) is 5.82 Å². The van der Waals surface area contributed by atoms with Crippen LogP contribution in [0.1, 0.15) is 12.8 Å². The van der Waals surface area contributed by atoms with Crippen molar-refractivity contribution in [3.8, 4) is 0 Å². The molecule has 114 valence electrons. The first kappa shape index (κ1) is 13.9. The zero-order valence-corrected chi connectivity index (χ0v) is 10.9. The third kappa shape index (κ3) is 2.72. The molecular formula is C12H13F4N5. The third-order valence-electron chi connectivity index (χ3n) is 3.60. The van der Waals surface area contributed by atoms with Crippen molar-refractivity contribution in [2.24, 2.45) is 5.92 Å². The van der Waals surface area contributed by atoms with Gasteiger partial charge in [-0.1, -0.05) is 0 Å². The SMILES string of the molecule is Nc1ncc2c(F)cc(N3CCC(CC(F)(F)F)C3)n2n1. The van der Waals surface area contributed by atoms with E-state index in [1.165, 1.54) is 16.8 Å². The molecule has 0 aliphatic carbocycles. The molecule has 0 aromatic carbocycles. The van der Waals surface area contributed by atoms with Gasteiger partial charge in [-0.3, -0.25) is 0 Å². The highest BCUT2D eigenvalue weighted by Gasteiger charge is 2.36. The zero-order chi connectivity index (χ0) is 15.2. The van der Waals surface area contributed by atoms with Gasteiger partial charge in [0, 0.05) is 25.6 Å². The predicted octanol–water partition coefficient (Wildman–Crippen LogP) is 2.23. The molecule has 2 aromatic heterocycles. The van der Waals surface area contributed by atoms with Gasteiger partial charge in [0.2, 0.25) is 5.95 Å². The molecule has 2 aromatic rings. The van der Waals surface area contributed by atoms with E-state index in [9.17, 15) is 17.6 Å². The van der Waals surface area contributed by atoms with Crippen LogP contribution in [-0.2, 0) is 0 Å². The molecule has 0 radical (unpaired) electrons. The van der Waals surface area contributed by atoms with E-state index in [4.69, 9.17) is 5.73 Å². The Morgan fingerprint density at radius 3 is 2.86 bits per heavy atom. The molecule has 0 amide bonds. The van der Waals surface area contributed by atoms with Crippen molar-refractivity contribution in [1.29, 1.82) is 0 Å². The Morgan fingerprint density at radius 2 is 2.14 bits per heavy atom. The van der Waals surface area contributed by atoms with Gasteiger partial charge in [0.05, 0.1) is 6.20 Å². The van der Waals surface area contributed by atoms with Crippen LogP contribution >= 0.6 is 0 Å². The number of anilines is 2. The largest absolute Gasteiger partial charge is 0.389 e. The fourth-order valence-electron chi connectivity index (χ4n) is 2.71. The fraction of sp³-hybridized carbons (Fsp3) is 0.500. The normalized spacial score (nSPS) is 19.6. The van der Waals surface area contributed by atoms with Gasteiger partial charge in [-0.2, -0.15) is 13.2 Å². The van der Waals surface area contributed by atoms with Crippen LogP contribution in [0.4, 0.5) is 29.3 Å². The van der Waals surface area contributed by atoms with Crippen molar-refractivity contribution in [1.82, 2.24) is 14.6 Å². The highest BCUT2D eigenvalue weighted by Crippen LogP contribution is 2.33. The summed E-state index contributed by atoms with van der Waals surface area (Å²) in [6.07, 6.45) is -3.34. The first-order chi connectivity index (χ1) is 9.83. The number of hydrogen-bond donors (Lipinski definition) is 1. The Morgan fingerprint density at radius 1 is 1.38 bits per heavy atom. The molecule has 1 saturated heterocycles. The summed E-state index contributed by atoms with van der Waals surface area (Å²) in [7, 11) is 0. The minimum absolute atomic E-state index is 0.0228. The number of alkyl halides is 3. The molecule has 1 fully saturated rings. The maximum atomic E-state index is 13.8. The van der Waals surface area contributed by atoms with E-state index in [1.54, 1.807) is 4.90 Å². The summed E-state index contributed by atoms with van der Waals surface area (Å²) in [4.78, 5) is 5.40. The number of nitrogens with zero attached hydrogens (tertiary/aromatic N) is 4. The van der Waals surface area contributed by atoms with Crippen molar-refractivity contribution in [3.63, 3.8) is 0 Å². The van der Waals surface area contributed by atoms with E-state index >= 15 is 0 Å². The van der Waals surface area contributed by atoms with Gasteiger partial charge in [0.1, 0.15) is 11.3 Å². The second-order valence-electron chi connectivity index (χ2n) is 5.18. The highest BCUT2D eigenvalue weighted by atomic mass is 19.4. The van der Waals surface area contributed by atoms with Crippen molar-refractivity contribution < 1.29 is 17.6 Å². The summed E-state index contributed by atoms with van der Waals surface area (Å²) in [5.74, 6) is -0.631. The Hall–Kier alpha value is -2.06. The van der Waals surface area contributed by atoms with Gasteiger partial charge in [-0.15, -0.1) is 5.10 Å². The van der Waals surface area contributed by atoms with Gasteiger partial charge in [0.25, 0.3) is 0 Å². The second kappa shape index (κ2) is 4.74. The Kier molecular flexibility index (Phi) is 3.14. The number of fused-ring (bicyclic) bond motifs is 1. The lowest BCUT2D eigenvalue weighted by Crippen LogP contribution is -2.23. The predicted molar refractivity (Wildman–Crippen MR) is 68.3 cm³/mol. The van der Waals surface area contributed by atoms with E-state index in [-0.39, 0.29) is 18.0 Å². The Balaban J connectivity index is 1.87. The van der Waals surface area contributed by atoms with Crippen LogP contribution in [0, 0.1) is 11.7 Å². The minimum atomic E-state index is -4.18. The Labute approximate surface area is 117 Å². The number of rotatable bonds is 2. The molecule has 0 spiro atoms. The van der Waals surface area contributed by atoms with Crippen molar-refractivity contribution in [3.05, 3.63) is 18.1 Å². The van der Waals surface area contributed by atoms with Crippen LogP contribution in [0.2, 0.25) is 0 Å². The average Bonchev–Trinajstić information content (AvgIpc) is 2.92. The summed E-state index contributed by atoms with van der Waals surface area (Å²) >= 11 is 0. The van der Waals surface area contributed by atoms with Crippen molar-refractivity contribution in [2.75, 3.05) is 23.7 Å². The standard InChI is InChI=1S/C12H13F4N5/c13-8-3-10(21-9(8)5-18-11(17)19-21)20-2-1-7(6-20)4-12(14,15)16/h3,5,7H,1-2,4,6H2,(H2,17,19). The van der Waals surface area contributed by atoms with Gasteiger partial charge >= 0.3 is 6.18 Å². The third-order valence-corrected chi connectivity index (χ3v) is 3.60. The summed E-state index contributed by atoms with van der Waals surface area (Å²) in [6, 6.07) is 1.25. The molecule has 1 aliphatic rings. The van der Waals surface area contributed by atoms with E-state index in [2.05, 4.69) is 10.1 Å². The molecule has 2 N–H and O–H groups in total. The number of nitrogen functional groups attached to an aromatic ring is 1. The van der Waals surface area contributed by atoms with Gasteiger partial charge < -0.3 is 10.6 Å². The summed E-state index contributed by atoms with van der Waals surface area (Å²) in [5.41, 5.74) is 5.63. The van der Waals surface area contributed by atoms with Gasteiger partial charge in [-0.05, 0) is 12.3 Å². The van der Waals surface area contributed by atoms with Crippen LogP contribution in [0.15, 0.2) is 12.3 Å². The summed E-state index contributed by atoms with van der Waals surface area (Å²) < 4.78 is 52.4. The van der Waals surface area contributed by atoms with Crippen molar-refractivity contribution in [2.45, 2.75) is 19.0 Å². The summed E-state index contributed by atoms with van der Waals surface area (Å²) in [5, 5.41) is 3.92. The number of hydrogen-bond acceptors (Lipinski definition) is 4. The summed E-state index contributed by atoms with van der Waals surface area (Å²) in [6.45, 7) is 0.644. The number of aromatic nitrogens is 3. The topological polar surface area (TPSA) is 59.5 Å². The molecule has 1 atom stereocenters. The van der Waals surface area contributed by atoms with Crippen LogP contribution in [0.3, 0.4) is 0 Å². The van der Waals surface area contributed by atoms with Crippen molar-refractivity contribution >= 4 is 17.3 Å². The van der Waals surface area contributed by atoms with Crippen LogP contribution in [0.25, 0.3) is 5.52 Å². The highest BCUT2D eigenvalue weighted by molar-refractivity contribution is 5.59. The molecule has 3 heterocycles. The zero-order valence-electron chi connectivity index (χ0n) is 10.9. The average molecular weight is 303 g/mol. The smallest absolute Gasteiger partial charge is 0.367 e. The fourth-order valence-corrected chi connectivity index (χ4v) is 2.71. The second-order valence-corrected chi connectivity index (χ2v) is 5.18. The lowest BCUT2D eigenvalue weighted by atomic mass is 10.1. The minimum Gasteiger partial charge on any atom is -0.367 e. The molecule has 0 bridgehead atoms. The maximum absolute atomic E-state index is 13.8. The van der Waals surface area contributed by atoms with Gasteiger partial charge in [-0.25, -0.2) is 13.9 Å².